The van der Waals surface area contributed by atoms with E-state index in [-0.39, 0.29) is 0 Å². The van der Waals surface area contributed by atoms with Gasteiger partial charge in [-0.1, -0.05) is 25.7 Å². The molecule has 1 saturated carbocycles. The Bertz CT molecular complexity index is 346. The first-order valence-corrected chi connectivity index (χ1v) is 7.08. The fourth-order valence-electron chi connectivity index (χ4n) is 3.22. The summed E-state index contributed by atoms with van der Waals surface area (Å²) in [6.45, 7) is 1.13. The third kappa shape index (κ3) is 2.37. The minimum absolute atomic E-state index is 0.445. The first-order chi connectivity index (χ1) is 8.45. The van der Waals surface area contributed by atoms with Crippen molar-refractivity contribution >= 4 is 0 Å². The summed E-state index contributed by atoms with van der Waals surface area (Å²) in [6.07, 6.45) is 12.6. The van der Waals surface area contributed by atoms with E-state index < -0.39 is 0 Å². The fraction of sp³-hybridized carbons (Fsp3) is 0.846. The highest BCUT2D eigenvalue weighted by Crippen LogP contribution is 2.30. The van der Waals surface area contributed by atoms with Gasteiger partial charge in [-0.05, 0) is 32.2 Å². The van der Waals surface area contributed by atoms with Crippen LogP contribution >= 0.6 is 0 Å². The Morgan fingerprint density at radius 3 is 2.59 bits per heavy atom. The molecule has 94 valence electrons. The summed E-state index contributed by atoms with van der Waals surface area (Å²) >= 11 is 0. The van der Waals surface area contributed by atoms with Gasteiger partial charge in [-0.2, -0.15) is 0 Å². The normalized spacial score (nSPS) is 27.2. The summed E-state index contributed by atoms with van der Waals surface area (Å²) in [5.74, 6) is 1.18. The molecule has 1 aromatic rings. The van der Waals surface area contributed by atoms with Crippen molar-refractivity contribution in [3.63, 3.8) is 0 Å². The second kappa shape index (κ2) is 5.17. The monoisotopic (exact) mass is 234 g/mol. The standard InChI is InChI=1S/C13H22N4/c1-2-4-7-11(6-3-1)17-10-15-16-13(17)12-8-5-9-14-12/h10-12,14H,1-9H2. The molecule has 4 nitrogen and oxygen atoms in total. The molecular weight excluding hydrogens is 212 g/mol. The smallest absolute Gasteiger partial charge is 0.150 e. The Balaban J connectivity index is 1.79. The Morgan fingerprint density at radius 2 is 1.88 bits per heavy atom. The highest BCUT2D eigenvalue weighted by molar-refractivity contribution is 5.00. The lowest BCUT2D eigenvalue weighted by molar-refractivity contribution is 0.411. The molecule has 3 rings (SSSR count). The molecule has 2 fully saturated rings. The lowest BCUT2D eigenvalue weighted by Gasteiger charge is -2.20. The maximum Gasteiger partial charge on any atom is 0.150 e. The van der Waals surface area contributed by atoms with Gasteiger partial charge in [0.05, 0.1) is 6.04 Å². The van der Waals surface area contributed by atoms with Crippen molar-refractivity contribution in [3.05, 3.63) is 12.2 Å². The van der Waals surface area contributed by atoms with Crippen LogP contribution in [0.15, 0.2) is 6.33 Å². The summed E-state index contributed by atoms with van der Waals surface area (Å²) in [5.41, 5.74) is 0. The zero-order valence-electron chi connectivity index (χ0n) is 10.4. The molecule has 2 aliphatic rings. The van der Waals surface area contributed by atoms with Gasteiger partial charge < -0.3 is 9.88 Å². The highest BCUT2D eigenvalue weighted by Gasteiger charge is 2.25. The van der Waals surface area contributed by atoms with E-state index in [2.05, 4.69) is 20.1 Å². The molecular formula is C13H22N4. The average molecular weight is 234 g/mol. The molecule has 1 atom stereocenters. The van der Waals surface area contributed by atoms with E-state index in [0.29, 0.717) is 12.1 Å². The van der Waals surface area contributed by atoms with Gasteiger partial charge in [0.2, 0.25) is 0 Å². The van der Waals surface area contributed by atoms with Gasteiger partial charge in [0.15, 0.2) is 0 Å². The van der Waals surface area contributed by atoms with Gasteiger partial charge in [0, 0.05) is 6.04 Å². The number of hydrogen-bond donors (Lipinski definition) is 1. The molecule has 0 radical (unpaired) electrons. The summed E-state index contributed by atoms with van der Waals surface area (Å²) in [6, 6.07) is 1.09. The molecule has 2 heterocycles. The molecule has 1 aliphatic heterocycles. The van der Waals surface area contributed by atoms with Crippen LogP contribution in [-0.2, 0) is 0 Å². The number of nitrogens with zero attached hydrogens (tertiary/aromatic N) is 3. The SMILES string of the molecule is c1nnc(C2CCCN2)n1C1CCCCCC1. The van der Waals surface area contributed by atoms with Crippen LogP contribution in [0.1, 0.15) is 69.3 Å². The predicted molar refractivity (Wildman–Crippen MR) is 66.7 cm³/mol. The summed E-state index contributed by atoms with van der Waals surface area (Å²) in [5, 5.41) is 12.0. The van der Waals surface area contributed by atoms with Crippen LogP contribution in [-0.4, -0.2) is 21.3 Å². The maximum absolute atomic E-state index is 4.35. The minimum atomic E-state index is 0.445. The van der Waals surface area contributed by atoms with Crippen molar-refractivity contribution in [3.8, 4) is 0 Å². The molecule has 0 aromatic carbocycles. The van der Waals surface area contributed by atoms with Crippen LogP contribution in [0, 0.1) is 0 Å². The van der Waals surface area contributed by atoms with E-state index in [1.807, 2.05) is 6.33 Å². The van der Waals surface area contributed by atoms with E-state index >= 15 is 0 Å². The molecule has 0 spiro atoms. The Hall–Kier alpha value is -0.900. The predicted octanol–water partition coefficient (Wildman–Crippen LogP) is 2.60. The molecule has 1 unspecified atom stereocenters. The summed E-state index contributed by atoms with van der Waals surface area (Å²) in [7, 11) is 0. The lowest BCUT2D eigenvalue weighted by Crippen LogP contribution is -2.20. The van der Waals surface area contributed by atoms with Crippen LogP contribution < -0.4 is 5.32 Å². The van der Waals surface area contributed by atoms with E-state index in [1.54, 1.807) is 0 Å². The van der Waals surface area contributed by atoms with E-state index in [1.165, 1.54) is 57.2 Å². The zero-order valence-corrected chi connectivity index (χ0v) is 10.4. The average Bonchev–Trinajstić information content (AvgIpc) is 2.95. The van der Waals surface area contributed by atoms with Crippen molar-refractivity contribution < 1.29 is 0 Å². The van der Waals surface area contributed by atoms with E-state index in [0.717, 1.165) is 6.54 Å². The number of hydrogen-bond acceptors (Lipinski definition) is 3. The first-order valence-electron chi connectivity index (χ1n) is 7.08. The molecule has 0 amide bonds. The summed E-state index contributed by atoms with van der Waals surface area (Å²) in [4.78, 5) is 0. The molecule has 1 saturated heterocycles. The molecule has 1 aliphatic carbocycles. The number of nitrogens with one attached hydrogen (secondary N) is 1. The van der Waals surface area contributed by atoms with E-state index in [9.17, 15) is 0 Å². The third-order valence-electron chi connectivity index (χ3n) is 4.19. The zero-order chi connectivity index (χ0) is 11.5. The maximum atomic E-state index is 4.35. The van der Waals surface area contributed by atoms with Crippen molar-refractivity contribution in [1.29, 1.82) is 0 Å². The molecule has 1 aromatic heterocycles. The van der Waals surface area contributed by atoms with E-state index in [4.69, 9.17) is 0 Å². The van der Waals surface area contributed by atoms with Crippen LogP contribution in [0.2, 0.25) is 0 Å². The van der Waals surface area contributed by atoms with Gasteiger partial charge in [0.25, 0.3) is 0 Å². The second-order valence-corrected chi connectivity index (χ2v) is 5.39. The number of rotatable bonds is 2. The summed E-state index contributed by atoms with van der Waals surface area (Å²) < 4.78 is 2.36. The highest BCUT2D eigenvalue weighted by atomic mass is 15.3. The van der Waals surface area contributed by atoms with Crippen molar-refractivity contribution in [2.75, 3.05) is 6.54 Å². The topological polar surface area (TPSA) is 42.7 Å². The third-order valence-corrected chi connectivity index (χ3v) is 4.19. The van der Waals surface area contributed by atoms with Crippen molar-refractivity contribution in [2.24, 2.45) is 0 Å². The number of aromatic nitrogens is 3. The van der Waals surface area contributed by atoms with Gasteiger partial charge in [-0.3, -0.25) is 0 Å². The Morgan fingerprint density at radius 1 is 1.06 bits per heavy atom. The van der Waals surface area contributed by atoms with Crippen LogP contribution in [0.3, 0.4) is 0 Å². The van der Waals surface area contributed by atoms with Gasteiger partial charge in [-0.15, -0.1) is 10.2 Å². The van der Waals surface area contributed by atoms with Crippen LogP contribution in [0.5, 0.6) is 0 Å². The molecule has 17 heavy (non-hydrogen) atoms. The Kier molecular flexibility index (Phi) is 3.41. The molecule has 0 bridgehead atoms. The first kappa shape index (κ1) is 11.2. The lowest BCUT2D eigenvalue weighted by atomic mass is 10.1. The second-order valence-electron chi connectivity index (χ2n) is 5.39. The van der Waals surface area contributed by atoms with Gasteiger partial charge in [-0.25, -0.2) is 0 Å². The van der Waals surface area contributed by atoms with Crippen LogP contribution in [0.25, 0.3) is 0 Å². The van der Waals surface area contributed by atoms with Gasteiger partial charge >= 0.3 is 0 Å². The quantitative estimate of drug-likeness (QED) is 0.800. The van der Waals surface area contributed by atoms with Crippen molar-refractivity contribution in [1.82, 2.24) is 20.1 Å². The van der Waals surface area contributed by atoms with Crippen LogP contribution in [0.4, 0.5) is 0 Å². The minimum Gasteiger partial charge on any atom is -0.313 e. The molecule has 4 heteroatoms. The van der Waals surface area contributed by atoms with Crippen molar-refractivity contribution in [2.45, 2.75) is 63.5 Å². The molecule has 1 N–H and O–H groups in total. The van der Waals surface area contributed by atoms with Gasteiger partial charge in [0.1, 0.15) is 12.2 Å². The fourth-order valence-corrected chi connectivity index (χ4v) is 3.22. The largest absolute Gasteiger partial charge is 0.313 e. The Labute approximate surface area is 103 Å².